The highest BCUT2D eigenvalue weighted by molar-refractivity contribution is 14.1. The summed E-state index contributed by atoms with van der Waals surface area (Å²) in [6, 6.07) is 0. The predicted molar refractivity (Wildman–Crippen MR) is 88.8 cm³/mol. The zero-order chi connectivity index (χ0) is 14.0. The first-order valence-electron chi connectivity index (χ1n) is 6.26. The second kappa shape index (κ2) is 6.13. The SMILES string of the molecule is CCNc1nc(-c2nc(C)cs2)nc(C(C)C)c1I. The molecule has 102 valence electrons. The summed E-state index contributed by atoms with van der Waals surface area (Å²) >= 11 is 3.91. The van der Waals surface area contributed by atoms with Gasteiger partial charge in [-0.05, 0) is 42.4 Å². The van der Waals surface area contributed by atoms with Gasteiger partial charge in [-0.2, -0.15) is 0 Å². The summed E-state index contributed by atoms with van der Waals surface area (Å²) in [5.74, 6) is 2.00. The van der Waals surface area contributed by atoms with Crippen molar-refractivity contribution in [3.63, 3.8) is 0 Å². The third-order valence-corrected chi connectivity index (χ3v) is 4.60. The first-order valence-corrected chi connectivity index (χ1v) is 8.22. The van der Waals surface area contributed by atoms with Gasteiger partial charge in [0, 0.05) is 17.6 Å². The minimum Gasteiger partial charge on any atom is -0.369 e. The molecular weight excluding hydrogens is 371 g/mol. The molecule has 0 unspecified atom stereocenters. The van der Waals surface area contributed by atoms with Crippen molar-refractivity contribution < 1.29 is 0 Å². The zero-order valence-corrected chi connectivity index (χ0v) is 14.5. The fourth-order valence-electron chi connectivity index (χ4n) is 1.68. The maximum Gasteiger partial charge on any atom is 0.191 e. The second-order valence-electron chi connectivity index (χ2n) is 4.57. The van der Waals surface area contributed by atoms with Crippen LogP contribution in [-0.2, 0) is 0 Å². The molecule has 4 nitrogen and oxygen atoms in total. The lowest BCUT2D eigenvalue weighted by molar-refractivity contribution is 0.808. The zero-order valence-electron chi connectivity index (χ0n) is 11.5. The Morgan fingerprint density at radius 2 is 2.05 bits per heavy atom. The topological polar surface area (TPSA) is 50.7 Å². The van der Waals surface area contributed by atoms with Crippen LogP contribution in [0.5, 0.6) is 0 Å². The Hall–Kier alpha value is -0.760. The molecule has 2 heterocycles. The van der Waals surface area contributed by atoms with Gasteiger partial charge in [0.15, 0.2) is 10.8 Å². The number of halogens is 1. The molecule has 2 aromatic heterocycles. The number of anilines is 1. The van der Waals surface area contributed by atoms with Crippen molar-refractivity contribution in [2.45, 2.75) is 33.6 Å². The first-order chi connectivity index (χ1) is 9.02. The lowest BCUT2D eigenvalue weighted by Gasteiger charge is -2.13. The Morgan fingerprint density at radius 1 is 1.32 bits per heavy atom. The number of nitrogens with one attached hydrogen (secondary N) is 1. The van der Waals surface area contributed by atoms with Crippen molar-refractivity contribution in [1.29, 1.82) is 0 Å². The van der Waals surface area contributed by atoms with Gasteiger partial charge in [-0.3, -0.25) is 0 Å². The summed E-state index contributed by atoms with van der Waals surface area (Å²) in [5, 5.41) is 6.22. The third kappa shape index (κ3) is 3.22. The lowest BCUT2D eigenvalue weighted by Crippen LogP contribution is -2.09. The molecule has 0 aliphatic rings. The van der Waals surface area contributed by atoms with Crippen LogP contribution in [0.25, 0.3) is 10.8 Å². The van der Waals surface area contributed by atoms with E-state index in [1.54, 1.807) is 11.3 Å². The van der Waals surface area contributed by atoms with Gasteiger partial charge in [-0.25, -0.2) is 15.0 Å². The summed E-state index contributed by atoms with van der Waals surface area (Å²) in [6.07, 6.45) is 0. The fourth-order valence-corrected chi connectivity index (χ4v) is 3.47. The van der Waals surface area contributed by atoms with Gasteiger partial charge in [0.05, 0.1) is 9.26 Å². The van der Waals surface area contributed by atoms with E-state index in [0.29, 0.717) is 5.92 Å². The lowest BCUT2D eigenvalue weighted by atomic mass is 10.1. The van der Waals surface area contributed by atoms with Crippen LogP contribution in [0.4, 0.5) is 5.82 Å². The summed E-state index contributed by atoms with van der Waals surface area (Å²) < 4.78 is 1.10. The van der Waals surface area contributed by atoms with Crippen molar-refractivity contribution in [3.8, 4) is 10.8 Å². The maximum atomic E-state index is 4.69. The molecule has 1 N–H and O–H groups in total. The molecule has 0 saturated carbocycles. The van der Waals surface area contributed by atoms with Crippen molar-refractivity contribution in [1.82, 2.24) is 15.0 Å². The number of rotatable bonds is 4. The molecule has 6 heteroatoms. The summed E-state index contributed by atoms with van der Waals surface area (Å²) in [5.41, 5.74) is 2.09. The Balaban J connectivity index is 2.55. The van der Waals surface area contributed by atoms with Crippen molar-refractivity contribution in [3.05, 3.63) is 20.3 Å². The van der Waals surface area contributed by atoms with Gasteiger partial charge < -0.3 is 5.32 Å². The Labute approximate surface area is 131 Å². The van der Waals surface area contributed by atoms with Gasteiger partial charge in [0.2, 0.25) is 0 Å². The molecule has 0 fully saturated rings. The number of hydrogen-bond acceptors (Lipinski definition) is 5. The highest BCUT2D eigenvalue weighted by Gasteiger charge is 2.16. The van der Waals surface area contributed by atoms with E-state index in [-0.39, 0.29) is 0 Å². The molecule has 0 atom stereocenters. The van der Waals surface area contributed by atoms with E-state index >= 15 is 0 Å². The number of thiazole rings is 1. The average Bonchev–Trinajstić information content (AvgIpc) is 2.78. The largest absolute Gasteiger partial charge is 0.369 e. The number of hydrogen-bond donors (Lipinski definition) is 1. The maximum absolute atomic E-state index is 4.69. The van der Waals surface area contributed by atoms with Crippen molar-refractivity contribution in [2.24, 2.45) is 0 Å². The molecular formula is C13H17IN4S. The Morgan fingerprint density at radius 3 is 2.58 bits per heavy atom. The van der Waals surface area contributed by atoms with Crippen LogP contribution in [0.2, 0.25) is 0 Å². The van der Waals surface area contributed by atoms with Gasteiger partial charge in [0.25, 0.3) is 0 Å². The standard InChI is InChI=1S/C13H17IN4S/c1-5-15-11-9(14)10(7(2)3)17-12(18-11)13-16-8(4)6-19-13/h6-7H,5H2,1-4H3,(H,15,17,18). The van der Waals surface area contributed by atoms with Crippen molar-refractivity contribution in [2.75, 3.05) is 11.9 Å². The molecule has 2 aromatic rings. The van der Waals surface area contributed by atoms with E-state index < -0.39 is 0 Å². The minimum absolute atomic E-state index is 0.368. The van der Waals surface area contributed by atoms with E-state index in [2.05, 4.69) is 63.6 Å². The number of nitrogens with zero attached hydrogens (tertiary/aromatic N) is 3. The monoisotopic (exact) mass is 388 g/mol. The molecule has 0 spiro atoms. The van der Waals surface area contributed by atoms with Crippen LogP contribution in [0.3, 0.4) is 0 Å². The normalized spacial score (nSPS) is 11.1. The van der Waals surface area contributed by atoms with E-state index in [1.807, 2.05) is 12.3 Å². The smallest absolute Gasteiger partial charge is 0.191 e. The minimum atomic E-state index is 0.368. The van der Waals surface area contributed by atoms with Crippen LogP contribution in [0.1, 0.15) is 38.1 Å². The highest BCUT2D eigenvalue weighted by Crippen LogP contribution is 2.29. The second-order valence-corrected chi connectivity index (χ2v) is 6.51. The fraction of sp³-hybridized carbons (Fsp3) is 0.462. The van der Waals surface area contributed by atoms with E-state index in [9.17, 15) is 0 Å². The molecule has 0 amide bonds. The van der Waals surface area contributed by atoms with E-state index in [1.165, 1.54) is 0 Å². The van der Waals surface area contributed by atoms with Crippen LogP contribution in [-0.4, -0.2) is 21.5 Å². The highest BCUT2D eigenvalue weighted by atomic mass is 127. The number of aryl methyl sites for hydroxylation is 1. The van der Waals surface area contributed by atoms with Gasteiger partial charge >= 0.3 is 0 Å². The molecule has 2 rings (SSSR count). The molecule has 0 radical (unpaired) electrons. The summed E-state index contributed by atoms with van der Waals surface area (Å²) in [6.45, 7) is 9.21. The van der Waals surface area contributed by atoms with Gasteiger partial charge in [0.1, 0.15) is 5.82 Å². The average molecular weight is 388 g/mol. The predicted octanol–water partition coefficient (Wildman–Crippen LogP) is 4.07. The Bertz CT molecular complexity index is 580. The summed E-state index contributed by atoms with van der Waals surface area (Å²) in [4.78, 5) is 13.8. The molecule has 19 heavy (non-hydrogen) atoms. The first kappa shape index (κ1) is 14.6. The van der Waals surface area contributed by atoms with E-state index in [4.69, 9.17) is 0 Å². The van der Waals surface area contributed by atoms with Crippen LogP contribution < -0.4 is 5.32 Å². The van der Waals surface area contributed by atoms with Crippen LogP contribution in [0.15, 0.2) is 5.38 Å². The molecule has 0 aliphatic carbocycles. The van der Waals surface area contributed by atoms with Gasteiger partial charge in [-0.15, -0.1) is 11.3 Å². The van der Waals surface area contributed by atoms with Crippen LogP contribution in [0, 0.1) is 10.5 Å². The summed E-state index contributed by atoms with van der Waals surface area (Å²) in [7, 11) is 0. The third-order valence-electron chi connectivity index (χ3n) is 2.58. The molecule has 0 saturated heterocycles. The van der Waals surface area contributed by atoms with Crippen LogP contribution >= 0.6 is 33.9 Å². The van der Waals surface area contributed by atoms with E-state index in [0.717, 1.165) is 38.2 Å². The molecule has 0 aromatic carbocycles. The van der Waals surface area contributed by atoms with Crippen molar-refractivity contribution >= 4 is 39.7 Å². The molecule has 0 bridgehead atoms. The molecule has 0 aliphatic heterocycles. The van der Waals surface area contributed by atoms with Gasteiger partial charge in [-0.1, -0.05) is 13.8 Å². The number of aromatic nitrogens is 3. The Kier molecular flexibility index (Phi) is 4.72. The quantitative estimate of drug-likeness (QED) is 0.803.